The summed E-state index contributed by atoms with van der Waals surface area (Å²) in [5.74, 6) is 0. The van der Waals surface area contributed by atoms with Crippen LogP contribution in [0.3, 0.4) is 0 Å². The Morgan fingerprint density at radius 1 is 1.70 bits per heavy atom. The van der Waals surface area contributed by atoms with Gasteiger partial charge >= 0.3 is 0 Å². The van der Waals surface area contributed by atoms with Crippen LogP contribution in [0.2, 0.25) is 0 Å². The lowest BCUT2D eigenvalue weighted by molar-refractivity contribution is 0.309. The summed E-state index contributed by atoms with van der Waals surface area (Å²) in [4.78, 5) is 2.16. The quantitative estimate of drug-likeness (QED) is 0.610. The van der Waals surface area contributed by atoms with Crippen LogP contribution in [-0.4, -0.2) is 29.7 Å². The summed E-state index contributed by atoms with van der Waals surface area (Å²) in [6, 6.07) is 0. The van der Waals surface area contributed by atoms with Gasteiger partial charge in [0, 0.05) is 13.1 Å². The summed E-state index contributed by atoms with van der Waals surface area (Å²) in [5, 5.41) is 8.78. The fourth-order valence-corrected chi connectivity index (χ4v) is 0.987. The van der Waals surface area contributed by atoms with Crippen molar-refractivity contribution in [2.24, 2.45) is 0 Å². The van der Waals surface area contributed by atoms with Crippen LogP contribution < -0.4 is 0 Å². The van der Waals surface area contributed by atoms with Gasteiger partial charge in [0.1, 0.15) is 0 Å². The third-order valence-corrected chi connectivity index (χ3v) is 1.64. The molecule has 1 N–H and O–H groups in total. The molecule has 1 heterocycles. The predicted octanol–water partition coefficient (Wildman–Crippen LogP) is 0.754. The van der Waals surface area contributed by atoms with Gasteiger partial charge < -0.3 is 10.0 Å². The summed E-state index contributed by atoms with van der Waals surface area (Å²) < 4.78 is 0. The topological polar surface area (TPSA) is 23.5 Å². The maximum absolute atomic E-state index is 8.78. The van der Waals surface area contributed by atoms with E-state index in [9.17, 15) is 0 Å². The first-order valence-corrected chi connectivity index (χ1v) is 3.58. The van der Waals surface area contributed by atoms with Crippen LogP contribution in [0.25, 0.3) is 0 Å². The molecular weight excluding hydrogens is 126 g/mol. The first-order chi connectivity index (χ1) is 4.86. The van der Waals surface area contributed by atoms with E-state index in [0.29, 0.717) is 0 Å². The molecule has 0 aromatic carbocycles. The Morgan fingerprint density at radius 2 is 2.50 bits per heavy atom. The molecule has 0 saturated carbocycles. The Kier molecular flexibility index (Phi) is 2.51. The molecule has 0 bridgehead atoms. The summed E-state index contributed by atoms with van der Waals surface area (Å²) >= 11 is 0. The van der Waals surface area contributed by atoms with Gasteiger partial charge in [-0.15, -0.1) is 0 Å². The largest absolute Gasteiger partial charge is 0.392 e. The van der Waals surface area contributed by atoms with E-state index in [0.717, 1.165) is 18.7 Å². The number of hydrogen-bond donors (Lipinski definition) is 1. The van der Waals surface area contributed by atoms with Crippen molar-refractivity contribution in [2.45, 2.75) is 6.92 Å². The Balaban J connectivity index is 2.50. The van der Waals surface area contributed by atoms with Gasteiger partial charge in [-0.1, -0.05) is 6.08 Å². The Bertz CT molecular complexity index is 161. The van der Waals surface area contributed by atoms with E-state index in [1.54, 1.807) is 0 Å². The summed E-state index contributed by atoms with van der Waals surface area (Å²) in [5.41, 5.74) is 1.09. The molecule has 2 nitrogen and oxygen atoms in total. The maximum atomic E-state index is 8.78. The molecule has 10 heavy (non-hydrogen) atoms. The summed E-state index contributed by atoms with van der Waals surface area (Å²) in [6.45, 7) is 4.17. The van der Waals surface area contributed by atoms with Crippen LogP contribution >= 0.6 is 0 Å². The van der Waals surface area contributed by atoms with Gasteiger partial charge in [0.15, 0.2) is 0 Å². The van der Waals surface area contributed by atoms with Crippen LogP contribution in [0, 0.1) is 0 Å². The smallest absolute Gasteiger partial charge is 0.0661 e. The Morgan fingerprint density at radius 3 is 3.10 bits per heavy atom. The van der Waals surface area contributed by atoms with Gasteiger partial charge in [0.2, 0.25) is 0 Å². The van der Waals surface area contributed by atoms with Gasteiger partial charge in [-0.2, -0.15) is 0 Å². The van der Waals surface area contributed by atoms with Gasteiger partial charge in [0.25, 0.3) is 0 Å². The first-order valence-electron chi connectivity index (χ1n) is 3.58. The molecule has 0 radical (unpaired) electrons. The number of allylic oxidation sites excluding steroid dienone is 2. The number of hydrogen-bond acceptors (Lipinski definition) is 2. The molecule has 0 aromatic rings. The van der Waals surface area contributed by atoms with Gasteiger partial charge in [-0.05, 0) is 24.8 Å². The van der Waals surface area contributed by atoms with Gasteiger partial charge in [-0.25, -0.2) is 0 Å². The molecule has 2 heteroatoms. The van der Waals surface area contributed by atoms with Crippen molar-refractivity contribution in [1.82, 2.24) is 4.90 Å². The fourth-order valence-electron chi connectivity index (χ4n) is 0.987. The lowest BCUT2D eigenvalue weighted by atomic mass is 10.2. The zero-order valence-electron chi connectivity index (χ0n) is 6.25. The molecule has 0 saturated heterocycles. The van der Waals surface area contributed by atoms with Crippen LogP contribution in [0.5, 0.6) is 0 Å². The van der Waals surface area contributed by atoms with Crippen LogP contribution in [0.15, 0.2) is 23.9 Å². The van der Waals surface area contributed by atoms with Crippen molar-refractivity contribution in [2.75, 3.05) is 19.7 Å². The number of aliphatic hydroxyl groups excluding tert-OH is 1. The van der Waals surface area contributed by atoms with Crippen molar-refractivity contribution in [3.8, 4) is 0 Å². The highest BCUT2D eigenvalue weighted by Gasteiger charge is 2.02. The summed E-state index contributed by atoms with van der Waals surface area (Å²) in [7, 11) is 0. The van der Waals surface area contributed by atoms with Gasteiger partial charge in [-0.3, -0.25) is 0 Å². The monoisotopic (exact) mass is 139 g/mol. The number of likely N-dealkylation sites (N-methyl/N-ethyl adjacent to an activating group) is 1. The van der Waals surface area contributed by atoms with Crippen LogP contribution in [-0.2, 0) is 0 Å². The molecule has 0 atom stereocenters. The molecule has 1 aliphatic heterocycles. The SMILES string of the molecule is CCN1C=CC=C(CO)C1. The van der Waals surface area contributed by atoms with E-state index in [1.165, 1.54) is 0 Å². The summed E-state index contributed by atoms with van der Waals surface area (Å²) in [6.07, 6.45) is 5.98. The molecule has 0 unspecified atom stereocenters. The van der Waals surface area contributed by atoms with E-state index in [4.69, 9.17) is 5.11 Å². The van der Waals surface area contributed by atoms with Crippen molar-refractivity contribution in [3.63, 3.8) is 0 Å². The number of nitrogens with zero attached hydrogens (tertiary/aromatic N) is 1. The van der Waals surface area contributed by atoms with E-state index in [-0.39, 0.29) is 6.61 Å². The fraction of sp³-hybridized carbons (Fsp3) is 0.500. The van der Waals surface area contributed by atoms with E-state index in [1.807, 2.05) is 18.4 Å². The second-order valence-corrected chi connectivity index (χ2v) is 2.39. The lowest BCUT2D eigenvalue weighted by Crippen LogP contribution is -2.22. The van der Waals surface area contributed by atoms with Crippen LogP contribution in [0.1, 0.15) is 6.92 Å². The Hall–Kier alpha value is -0.760. The zero-order chi connectivity index (χ0) is 7.40. The van der Waals surface area contributed by atoms with Crippen molar-refractivity contribution >= 4 is 0 Å². The molecule has 1 aliphatic rings. The highest BCUT2D eigenvalue weighted by molar-refractivity contribution is 5.18. The third kappa shape index (κ3) is 1.61. The number of rotatable bonds is 2. The van der Waals surface area contributed by atoms with Crippen molar-refractivity contribution in [3.05, 3.63) is 23.9 Å². The molecule has 0 fully saturated rings. The van der Waals surface area contributed by atoms with E-state index >= 15 is 0 Å². The van der Waals surface area contributed by atoms with Gasteiger partial charge in [0.05, 0.1) is 6.61 Å². The van der Waals surface area contributed by atoms with Crippen LogP contribution in [0.4, 0.5) is 0 Å². The molecule has 0 aromatic heterocycles. The highest BCUT2D eigenvalue weighted by Crippen LogP contribution is 2.05. The van der Waals surface area contributed by atoms with E-state index in [2.05, 4.69) is 11.8 Å². The molecule has 0 spiro atoms. The third-order valence-electron chi connectivity index (χ3n) is 1.64. The molecule has 0 amide bonds. The number of aliphatic hydroxyl groups is 1. The Labute approximate surface area is 61.5 Å². The molecular formula is C8H13NO. The standard InChI is InChI=1S/C8H13NO/c1-2-9-5-3-4-8(6-9)7-10/h3-5,10H,2,6-7H2,1H3. The minimum absolute atomic E-state index is 0.181. The van der Waals surface area contributed by atoms with Crippen molar-refractivity contribution < 1.29 is 5.11 Å². The maximum Gasteiger partial charge on any atom is 0.0661 e. The minimum atomic E-state index is 0.181. The normalized spacial score (nSPS) is 17.4. The highest BCUT2D eigenvalue weighted by atomic mass is 16.3. The molecule has 1 rings (SSSR count). The lowest BCUT2D eigenvalue weighted by Gasteiger charge is -2.21. The first kappa shape index (κ1) is 7.35. The molecule has 56 valence electrons. The zero-order valence-corrected chi connectivity index (χ0v) is 6.25. The molecule has 0 aliphatic carbocycles. The predicted molar refractivity (Wildman–Crippen MR) is 41.6 cm³/mol. The average molecular weight is 139 g/mol. The van der Waals surface area contributed by atoms with Crippen molar-refractivity contribution in [1.29, 1.82) is 0 Å². The second kappa shape index (κ2) is 3.42. The minimum Gasteiger partial charge on any atom is -0.392 e. The average Bonchev–Trinajstić information content (AvgIpc) is 2.05. The van der Waals surface area contributed by atoms with E-state index < -0.39 is 0 Å². The second-order valence-electron chi connectivity index (χ2n) is 2.39.